The number of aromatic nitrogens is 3. The highest BCUT2D eigenvalue weighted by Crippen LogP contribution is 2.07. The Morgan fingerprint density at radius 2 is 1.94 bits per heavy atom. The Morgan fingerprint density at radius 3 is 2.62 bits per heavy atom. The van der Waals surface area contributed by atoms with Gasteiger partial charge in [0.2, 0.25) is 5.95 Å². The lowest BCUT2D eigenvalue weighted by atomic mass is 10.2. The summed E-state index contributed by atoms with van der Waals surface area (Å²) in [5, 5.41) is 3.18. The first kappa shape index (κ1) is 12.7. The van der Waals surface area contributed by atoms with Gasteiger partial charge in [-0.15, -0.1) is 0 Å². The number of unbranched alkanes of at least 4 members (excludes halogenated alkanes) is 3. The van der Waals surface area contributed by atoms with Gasteiger partial charge in [-0.2, -0.15) is 15.0 Å². The van der Waals surface area contributed by atoms with Crippen LogP contribution in [0.1, 0.15) is 38.4 Å². The zero-order chi connectivity index (χ0) is 11.8. The number of nitrogens with zero attached hydrogens (tertiary/aromatic N) is 3. The minimum Gasteiger partial charge on any atom is -0.467 e. The maximum atomic E-state index is 4.98. The maximum absolute atomic E-state index is 4.98. The van der Waals surface area contributed by atoms with Crippen LogP contribution in [0.3, 0.4) is 0 Å². The van der Waals surface area contributed by atoms with Crippen LogP contribution < -0.4 is 10.1 Å². The first-order valence-electron chi connectivity index (χ1n) is 5.76. The molecule has 0 fully saturated rings. The molecule has 0 unspecified atom stereocenters. The van der Waals surface area contributed by atoms with Crippen molar-refractivity contribution in [1.82, 2.24) is 15.0 Å². The van der Waals surface area contributed by atoms with Crippen LogP contribution in [-0.4, -0.2) is 28.6 Å². The van der Waals surface area contributed by atoms with E-state index < -0.39 is 0 Å². The summed E-state index contributed by atoms with van der Waals surface area (Å²) in [6.45, 7) is 4.92. The third kappa shape index (κ3) is 4.42. The molecule has 0 aliphatic rings. The van der Waals surface area contributed by atoms with Crippen molar-refractivity contribution in [1.29, 1.82) is 0 Å². The third-order valence-electron chi connectivity index (χ3n) is 2.22. The van der Waals surface area contributed by atoms with E-state index >= 15 is 0 Å². The molecule has 0 atom stereocenters. The topological polar surface area (TPSA) is 59.9 Å². The second-order valence-electron chi connectivity index (χ2n) is 3.68. The molecule has 16 heavy (non-hydrogen) atoms. The number of ether oxygens (including phenoxy) is 1. The standard InChI is InChI=1S/C11H20N4O/c1-4-5-6-7-8-12-10-13-9(2)14-11(15-10)16-3/h4-8H2,1-3H3,(H,12,13,14,15). The molecule has 1 rings (SSSR count). The van der Waals surface area contributed by atoms with Crippen LogP contribution in [0.15, 0.2) is 0 Å². The van der Waals surface area contributed by atoms with Crippen LogP contribution in [0.5, 0.6) is 6.01 Å². The van der Waals surface area contributed by atoms with Gasteiger partial charge in [0.15, 0.2) is 0 Å². The number of hydrogen-bond acceptors (Lipinski definition) is 5. The van der Waals surface area contributed by atoms with Gasteiger partial charge >= 0.3 is 6.01 Å². The normalized spacial score (nSPS) is 10.2. The molecule has 5 heteroatoms. The van der Waals surface area contributed by atoms with Crippen molar-refractivity contribution in [2.45, 2.75) is 39.5 Å². The van der Waals surface area contributed by atoms with E-state index in [9.17, 15) is 0 Å². The molecular weight excluding hydrogens is 204 g/mol. The highest BCUT2D eigenvalue weighted by atomic mass is 16.5. The highest BCUT2D eigenvalue weighted by molar-refractivity contribution is 5.25. The van der Waals surface area contributed by atoms with Crippen molar-refractivity contribution >= 4 is 5.95 Å². The van der Waals surface area contributed by atoms with E-state index in [0.717, 1.165) is 13.0 Å². The average molecular weight is 224 g/mol. The molecule has 0 aromatic carbocycles. The highest BCUT2D eigenvalue weighted by Gasteiger charge is 2.02. The van der Waals surface area contributed by atoms with E-state index in [1.807, 2.05) is 6.92 Å². The molecule has 0 aliphatic heterocycles. The van der Waals surface area contributed by atoms with Gasteiger partial charge in [-0.25, -0.2) is 0 Å². The minimum absolute atomic E-state index is 0.364. The summed E-state index contributed by atoms with van der Waals surface area (Å²) in [6.07, 6.45) is 4.91. The fourth-order valence-corrected chi connectivity index (χ4v) is 1.38. The van der Waals surface area contributed by atoms with Gasteiger partial charge in [0.25, 0.3) is 0 Å². The summed E-state index contributed by atoms with van der Waals surface area (Å²) >= 11 is 0. The lowest BCUT2D eigenvalue weighted by molar-refractivity contribution is 0.377. The van der Waals surface area contributed by atoms with Crippen LogP contribution in [0.25, 0.3) is 0 Å². The predicted octanol–water partition coefficient (Wildman–Crippen LogP) is 2.18. The number of aryl methyl sites for hydroxylation is 1. The summed E-state index contributed by atoms with van der Waals surface area (Å²) < 4.78 is 4.98. The van der Waals surface area contributed by atoms with E-state index in [0.29, 0.717) is 17.8 Å². The van der Waals surface area contributed by atoms with Crippen LogP contribution >= 0.6 is 0 Å². The molecule has 0 bridgehead atoms. The largest absolute Gasteiger partial charge is 0.467 e. The molecule has 5 nitrogen and oxygen atoms in total. The van der Waals surface area contributed by atoms with E-state index in [1.165, 1.54) is 19.3 Å². The Kier molecular flexibility index (Phi) is 5.53. The number of rotatable bonds is 7. The monoisotopic (exact) mass is 224 g/mol. The molecular formula is C11H20N4O. The Hall–Kier alpha value is -1.39. The Bertz CT molecular complexity index is 317. The zero-order valence-corrected chi connectivity index (χ0v) is 10.3. The first-order valence-corrected chi connectivity index (χ1v) is 5.76. The van der Waals surface area contributed by atoms with Gasteiger partial charge in [-0.3, -0.25) is 0 Å². The Labute approximate surface area is 96.7 Å². The summed E-state index contributed by atoms with van der Waals surface area (Å²) in [7, 11) is 1.56. The lowest BCUT2D eigenvalue weighted by Crippen LogP contribution is -2.08. The van der Waals surface area contributed by atoms with Crippen molar-refractivity contribution in [3.8, 4) is 6.01 Å². The van der Waals surface area contributed by atoms with E-state index in [1.54, 1.807) is 7.11 Å². The molecule has 1 aromatic heterocycles. The number of anilines is 1. The van der Waals surface area contributed by atoms with Crippen LogP contribution in [0.2, 0.25) is 0 Å². The van der Waals surface area contributed by atoms with Crippen molar-refractivity contribution in [3.63, 3.8) is 0 Å². The van der Waals surface area contributed by atoms with Gasteiger partial charge in [0.1, 0.15) is 5.82 Å². The van der Waals surface area contributed by atoms with Crippen LogP contribution in [-0.2, 0) is 0 Å². The fraction of sp³-hybridized carbons (Fsp3) is 0.727. The van der Waals surface area contributed by atoms with E-state index in [4.69, 9.17) is 4.74 Å². The number of methoxy groups -OCH3 is 1. The predicted molar refractivity (Wildman–Crippen MR) is 63.7 cm³/mol. The average Bonchev–Trinajstić information content (AvgIpc) is 2.28. The molecule has 1 heterocycles. The van der Waals surface area contributed by atoms with Crippen molar-refractivity contribution < 1.29 is 4.74 Å². The zero-order valence-electron chi connectivity index (χ0n) is 10.3. The van der Waals surface area contributed by atoms with Crippen molar-refractivity contribution in [3.05, 3.63) is 5.82 Å². The Balaban J connectivity index is 2.38. The molecule has 1 N–H and O–H groups in total. The summed E-state index contributed by atoms with van der Waals surface area (Å²) in [5.41, 5.74) is 0. The molecule has 0 amide bonds. The third-order valence-corrected chi connectivity index (χ3v) is 2.22. The van der Waals surface area contributed by atoms with Gasteiger partial charge < -0.3 is 10.1 Å². The van der Waals surface area contributed by atoms with Gasteiger partial charge in [-0.05, 0) is 13.3 Å². The fourth-order valence-electron chi connectivity index (χ4n) is 1.38. The number of hydrogen-bond donors (Lipinski definition) is 1. The second kappa shape index (κ2) is 6.98. The molecule has 90 valence electrons. The van der Waals surface area contributed by atoms with Gasteiger partial charge in [-0.1, -0.05) is 26.2 Å². The molecule has 0 saturated carbocycles. The maximum Gasteiger partial charge on any atom is 0.321 e. The van der Waals surface area contributed by atoms with Gasteiger partial charge in [0, 0.05) is 6.54 Å². The van der Waals surface area contributed by atoms with Crippen LogP contribution in [0, 0.1) is 6.92 Å². The molecule has 0 spiro atoms. The summed E-state index contributed by atoms with van der Waals surface area (Å²) in [6, 6.07) is 0.364. The quantitative estimate of drug-likeness (QED) is 0.719. The SMILES string of the molecule is CCCCCCNc1nc(C)nc(OC)n1. The molecule has 0 saturated heterocycles. The second-order valence-corrected chi connectivity index (χ2v) is 3.68. The molecule has 1 aromatic rings. The summed E-state index contributed by atoms with van der Waals surface area (Å²) in [5.74, 6) is 1.27. The lowest BCUT2D eigenvalue weighted by Gasteiger charge is -2.06. The summed E-state index contributed by atoms with van der Waals surface area (Å²) in [4.78, 5) is 12.3. The van der Waals surface area contributed by atoms with Crippen molar-refractivity contribution in [2.24, 2.45) is 0 Å². The Morgan fingerprint density at radius 1 is 1.12 bits per heavy atom. The van der Waals surface area contributed by atoms with E-state index in [2.05, 4.69) is 27.2 Å². The number of nitrogens with one attached hydrogen (secondary N) is 1. The van der Waals surface area contributed by atoms with Crippen molar-refractivity contribution in [2.75, 3.05) is 19.0 Å². The minimum atomic E-state index is 0.364. The first-order chi connectivity index (χ1) is 7.76. The smallest absolute Gasteiger partial charge is 0.321 e. The molecule has 0 radical (unpaired) electrons. The van der Waals surface area contributed by atoms with Gasteiger partial charge in [0.05, 0.1) is 7.11 Å². The van der Waals surface area contributed by atoms with E-state index in [-0.39, 0.29) is 0 Å². The van der Waals surface area contributed by atoms with Crippen LogP contribution in [0.4, 0.5) is 5.95 Å². The molecule has 0 aliphatic carbocycles.